The number of carbonyl (C=O) groups excluding carboxylic acids is 1. The molecule has 0 spiro atoms. The quantitative estimate of drug-likeness (QED) is 0.318. The molecule has 0 radical (unpaired) electrons. The Morgan fingerprint density at radius 1 is 1.14 bits per heavy atom. The molecule has 3 N–H and O–H groups in total. The molecule has 0 saturated heterocycles. The Labute approximate surface area is 172 Å². The molecule has 0 atom stereocenters. The van der Waals surface area contributed by atoms with Crippen LogP contribution in [-0.4, -0.2) is 35.5 Å². The largest absolute Gasteiger partial charge is 0.490 e. The molecule has 0 bridgehead atoms. The Kier molecular flexibility index (Phi) is 7.12. The summed E-state index contributed by atoms with van der Waals surface area (Å²) in [5, 5.41) is 12.3. The molecule has 150 valence electrons. The van der Waals surface area contributed by atoms with Crippen LogP contribution in [0.3, 0.4) is 0 Å². The number of nitrogen functional groups attached to an aromatic ring is 1. The van der Waals surface area contributed by atoms with Crippen LogP contribution in [0.2, 0.25) is 0 Å². The van der Waals surface area contributed by atoms with Crippen molar-refractivity contribution in [3.63, 3.8) is 0 Å². The van der Waals surface area contributed by atoms with Crippen LogP contribution < -0.4 is 20.6 Å². The van der Waals surface area contributed by atoms with E-state index in [9.17, 15) is 4.79 Å². The first-order valence-corrected chi connectivity index (χ1v) is 9.73. The first-order valence-electron chi connectivity index (χ1n) is 8.91. The third kappa shape index (κ3) is 6.58. The molecular formula is C20H21N5O3S. The fourth-order valence-electron chi connectivity index (χ4n) is 2.35. The van der Waals surface area contributed by atoms with E-state index in [-0.39, 0.29) is 12.3 Å². The van der Waals surface area contributed by atoms with E-state index in [0.29, 0.717) is 29.1 Å². The molecule has 2 aromatic carbocycles. The smallest absolute Gasteiger partial charge is 0.247 e. The Morgan fingerprint density at radius 3 is 2.66 bits per heavy atom. The molecule has 0 unspecified atom stereocenters. The van der Waals surface area contributed by atoms with Crippen LogP contribution in [0.5, 0.6) is 11.5 Å². The number of nitrogens with zero attached hydrogens (tertiary/aromatic N) is 3. The van der Waals surface area contributed by atoms with Gasteiger partial charge in [-0.25, -0.2) is 5.43 Å². The molecule has 1 aromatic heterocycles. The average Bonchev–Trinajstić information content (AvgIpc) is 3.12. The Balaban J connectivity index is 1.47. The lowest BCUT2D eigenvalue weighted by Crippen LogP contribution is -2.19. The van der Waals surface area contributed by atoms with Crippen molar-refractivity contribution in [2.24, 2.45) is 5.10 Å². The number of aromatic nitrogens is 2. The number of amides is 1. The first-order chi connectivity index (χ1) is 14.1. The molecule has 1 amide bonds. The summed E-state index contributed by atoms with van der Waals surface area (Å²) in [5.74, 6) is 1.14. The highest BCUT2D eigenvalue weighted by Crippen LogP contribution is 2.16. The predicted octanol–water partition coefficient (Wildman–Crippen LogP) is 2.58. The molecule has 0 aliphatic rings. The summed E-state index contributed by atoms with van der Waals surface area (Å²) in [6.07, 6.45) is 1.60. The Bertz CT molecular complexity index is 972. The molecule has 0 fully saturated rings. The van der Waals surface area contributed by atoms with Crippen molar-refractivity contribution in [3.8, 4) is 11.5 Å². The maximum Gasteiger partial charge on any atom is 0.247 e. The van der Waals surface area contributed by atoms with Crippen LogP contribution in [0, 0.1) is 6.92 Å². The number of hydrogen-bond acceptors (Lipinski definition) is 8. The minimum atomic E-state index is -0.303. The van der Waals surface area contributed by atoms with E-state index in [4.69, 9.17) is 15.2 Å². The number of hydrazone groups is 1. The summed E-state index contributed by atoms with van der Waals surface area (Å²) in [4.78, 5) is 11.9. The van der Waals surface area contributed by atoms with Gasteiger partial charge in [-0.2, -0.15) is 5.10 Å². The van der Waals surface area contributed by atoms with Gasteiger partial charge in [-0.3, -0.25) is 4.79 Å². The predicted molar refractivity (Wildman–Crippen MR) is 112 cm³/mol. The molecule has 8 nitrogen and oxygen atoms in total. The van der Waals surface area contributed by atoms with Crippen LogP contribution in [0.25, 0.3) is 0 Å². The van der Waals surface area contributed by atoms with Gasteiger partial charge >= 0.3 is 0 Å². The van der Waals surface area contributed by atoms with E-state index in [2.05, 4.69) is 20.7 Å². The zero-order valence-electron chi connectivity index (χ0n) is 15.9. The second-order valence-electron chi connectivity index (χ2n) is 6.05. The fraction of sp³-hybridized carbons (Fsp3) is 0.200. The summed E-state index contributed by atoms with van der Waals surface area (Å²) < 4.78 is 11.4. The standard InChI is InChI=1S/C20H21N5O3S/c1-14-6-8-16(9-7-14)27-10-11-28-17-5-3-2-4-15(17)13-22-23-18(26)12-19-24-25-20(21)29-19/h2-9,13H,10-12H2,1H3,(H2,21,25)(H,23,26)/b22-13+. The van der Waals surface area contributed by atoms with E-state index in [0.717, 1.165) is 11.3 Å². The van der Waals surface area contributed by atoms with Crippen LogP contribution in [0.1, 0.15) is 16.1 Å². The number of nitrogens with two attached hydrogens (primary N) is 1. The highest BCUT2D eigenvalue weighted by Gasteiger charge is 2.07. The van der Waals surface area contributed by atoms with Crippen molar-refractivity contribution in [3.05, 3.63) is 64.7 Å². The first kappa shape index (κ1) is 20.3. The number of carbonyl (C=O) groups is 1. The minimum Gasteiger partial charge on any atom is -0.490 e. The molecule has 3 rings (SSSR count). The number of hydrogen-bond donors (Lipinski definition) is 2. The number of benzene rings is 2. The molecule has 1 heterocycles. The monoisotopic (exact) mass is 411 g/mol. The van der Waals surface area contributed by atoms with E-state index in [1.807, 2.05) is 55.5 Å². The van der Waals surface area contributed by atoms with Crippen molar-refractivity contribution in [1.29, 1.82) is 0 Å². The summed E-state index contributed by atoms with van der Waals surface area (Å²) >= 11 is 1.17. The highest BCUT2D eigenvalue weighted by atomic mass is 32.1. The third-order valence-electron chi connectivity index (χ3n) is 3.74. The molecule has 29 heavy (non-hydrogen) atoms. The molecule has 3 aromatic rings. The van der Waals surface area contributed by atoms with E-state index < -0.39 is 0 Å². The lowest BCUT2D eigenvalue weighted by atomic mass is 10.2. The molecular weight excluding hydrogens is 390 g/mol. The van der Waals surface area contributed by atoms with Gasteiger partial charge in [0.25, 0.3) is 0 Å². The molecule has 0 saturated carbocycles. The molecule has 9 heteroatoms. The lowest BCUT2D eigenvalue weighted by Gasteiger charge is -2.10. The van der Waals surface area contributed by atoms with Crippen molar-refractivity contribution in [1.82, 2.24) is 15.6 Å². The summed E-state index contributed by atoms with van der Waals surface area (Å²) in [7, 11) is 0. The number of anilines is 1. The van der Waals surface area contributed by atoms with Gasteiger partial charge in [-0.1, -0.05) is 41.2 Å². The van der Waals surface area contributed by atoms with Gasteiger partial charge in [0.05, 0.1) is 12.6 Å². The fourth-order valence-corrected chi connectivity index (χ4v) is 2.96. The topological polar surface area (TPSA) is 112 Å². The number of rotatable bonds is 9. The van der Waals surface area contributed by atoms with Gasteiger partial charge in [0.1, 0.15) is 29.7 Å². The highest BCUT2D eigenvalue weighted by molar-refractivity contribution is 7.15. The van der Waals surface area contributed by atoms with Crippen molar-refractivity contribution in [2.45, 2.75) is 13.3 Å². The summed E-state index contributed by atoms with van der Waals surface area (Å²) in [6.45, 7) is 2.82. The van der Waals surface area contributed by atoms with E-state index in [1.54, 1.807) is 0 Å². The molecule has 0 aliphatic heterocycles. The van der Waals surface area contributed by atoms with Gasteiger partial charge in [0.15, 0.2) is 0 Å². The van der Waals surface area contributed by atoms with Crippen LogP contribution >= 0.6 is 11.3 Å². The van der Waals surface area contributed by atoms with Crippen molar-refractivity contribution < 1.29 is 14.3 Å². The van der Waals surface area contributed by atoms with Crippen LogP contribution in [-0.2, 0) is 11.2 Å². The van der Waals surface area contributed by atoms with Crippen molar-refractivity contribution in [2.75, 3.05) is 18.9 Å². The summed E-state index contributed by atoms with van der Waals surface area (Å²) in [5.41, 5.74) is 9.88. The van der Waals surface area contributed by atoms with Gasteiger partial charge in [-0.15, -0.1) is 10.2 Å². The van der Waals surface area contributed by atoms with Crippen molar-refractivity contribution >= 4 is 28.6 Å². The zero-order valence-corrected chi connectivity index (χ0v) is 16.7. The van der Waals surface area contributed by atoms with Crippen LogP contribution in [0.4, 0.5) is 5.13 Å². The Morgan fingerprint density at radius 2 is 1.90 bits per heavy atom. The summed E-state index contributed by atoms with van der Waals surface area (Å²) in [6, 6.07) is 15.3. The number of aryl methyl sites for hydroxylation is 1. The van der Waals surface area contributed by atoms with Gasteiger partial charge in [0, 0.05) is 5.56 Å². The van der Waals surface area contributed by atoms with Gasteiger partial charge in [-0.05, 0) is 31.2 Å². The lowest BCUT2D eigenvalue weighted by molar-refractivity contribution is -0.120. The maximum atomic E-state index is 11.9. The maximum absolute atomic E-state index is 11.9. The van der Waals surface area contributed by atoms with E-state index >= 15 is 0 Å². The van der Waals surface area contributed by atoms with E-state index in [1.165, 1.54) is 23.1 Å². The normalized spacial score (nSPS) is 10.8. The number of ether oxygens (including phenoxy) is 2. The minimum absolute atomic E-state index is 0.0701. The SMILES string of the molecule is Cc1ccc(OCCOc2ccccc2/C=N/NC(=O)Cc2nnc(N)s2)cc1. The second kappa shape index (κ2) is 10.2. The van der Waals surface area contributed by atoms with Gasteiger partial charge < -0.3 is 15.2 Å². The van der Waals surface area contributed by atoms with Gasteiger partial charge in [0.2, 0.25) is 11.0 Å². The molecule has 0 aliphatic carbocycles. The third-order valence-corrected chi connectivity index (χ3v) is 4.49. The Hall–Kier alpha value is -3.46. The van der Waals surface area contributed by atoms with Crippen LogP contribution in [0.15, 0.2) is 53.6 Å². The number of nitrogens with one attached hydrogen (secondary N) is 1. The second-order valence-corrected chi connectivity index (χ2v) is 7.15. The zero-order chi connectivity index (χ0) is 20.5. The average molecular weight is 411 g/mol. The number of para-hydroxylation sites is 1.